The molecule has 160 valence electrons. The lowest BCUT2D eigenvalue weighted by atomic mass is 9.72. The molecule has 0 aliphatic heterocycles. The molecule has 0 amide bonds. The third-order valence-corrected chi connectivity index (χ3v) is 5.30. The summed E-state index contributed by atoms with van der Waals surface area (Å²) in [6.07, 6.45) is 15.3. The fourth-order valence-electron chi connectivity index (χ4n) is 3.26. The molecule has 1 aliphatic rings. The maximum atomic E-state index is 11.8. The smallest absolute Gasteiger partial charge is 0.331 e. The zero-order valence-corrected chi connectivity index (χ0v) is 19.5. The van der Waals surface area contributed by atoms with E-state index in [1.54, 1.807) is 0 Å². The predicted octanol–water partition coefficient (Wildman–Crippen LogP) is 6.68. The highest BCUT2D eigenvalue weighted by atomic mass is 16.5. The molecule has 1 aliphatic carbocycles. The third kappa shape index (κ3) is 8.81. The van der Waals surface area contributed by atoms with Gasteiger partial charge in [0.25, 0.3) is 0 Å². The van der Waals surface area contributed by atoms with Crippen molar-refractivity contribution < 1.29 is 14.3 Å². The van der Waals surface area contributed by atoms with Crippen molar-refractivity contribution in [3.63, 3.8) is 0 Å². The summed E-state index contributed by atoms with van der Waals surface area (Å²) in [5, 5.41) is 0. The molecule has 1 rings (SSSR count). The summed E-state index contributed by atoms with van der Waals surface area (Å²) in [7, 11) is 0. The van der Waals surface area contributed by atoms with Gasteiger partial charge in [0, 0.05) is 11.5 Å². The van der Waals surface area contributed by atoms with Crippen molar-refractivity contribution >= 4 is 11.8 Å². The lowest BCUT2D eigenvalue weighted by Crippen LogP contribution is -2.26. The van der Waals surface area contributed by atoms with Gasteiger partial charge in [0.15, 0.2) is 12.4 Å². The van der Waals surface area contributed by atoms with Crippen molar-refractivity contribution in [1.82, 2.24) is 0 Å². The molecule has 0 aromatic carbocycles. The van der Waals surface area contributed by atoms with Crippen LogP contribution in [0, 0.1) is 10.8 Å². The van der Waals surface area contributed by atoms with Crippen LogP contribution in [0.4, 0.5) is 0 Å². The average Bonchev–Trinajstić information content (AvgIpc) is 2.57. The highest BCUT2D eigenvalue weighted by Gasteiger charge is 2.26. The van der Waals surface area contributed by atoms with Gasteiger partial charge in [0.05, 0.1) is 0 Å². The molecule has 0 radical (unpaired) electrons. The Morgan fingerprint density at radius 3 is 2.34 bits per heavy atom. The fraction of sp³-hybridized carbons (Fsp3) is 0.538. The van der Waals surface area contributed by atoms with Crippen molar-refractivity contribution in [3.8, 4) is 0 Å². The fourth-order valence-corrected chi connectivity index (χ4v) is 3.26. The minimum atomic E-state index is -0.504. The summed E-state index contributed by atoms with van der Waals surface area (Å²) in [5.41, 5.74) is 4.60. The summed E-state index contributed by atoms with van der Waals surface area (Å²) >= 11 is 0. The van der Waals surface area contributed by atoms with Gasteiger partial charge in [-0.3, -0.25) is 4.79 Å². The first-order chi connectivity index (χ1) is 13.3. The summed E-state index contributed by atoms with van der Waals surface area (Å²) in [5.74, 6) is -0.587. The van der Waals surface area contributed by atoms with Crippen molar-refractivity contribution in [2.24, 2.45) is 10.8 Å². The number of esters is 1. The Bertz CT molecular complexity index is 762. The SMILES string of the molecule is CC(=CC(=O)OCC(=O)C(C)(C)C)/C=C/C=C(C)/C=C/C1=C(C)CCCC1(C)C. The molecule has 3 nitrogen and oxygen atoms in total. The zero-order chi connectivity index (χ0) is 22.2. The van der Waals surface area contributed by atoms with Gasteiger partial charge in [0.1, 0.15) is 0 Å². The van der Waals surface area contributed by atoms with E-state index < -0.39 is 11.4 Å². The van der Waals surface area contributed by atoms with E-state index in [0.29, 0.717) is 0 Å². The monoisotopic (exact) mass is 398 g/mol. The first kappa shape index (κ1) is 24.9. The molecular weight excluding hydrogens is 360 g/mol. The van der Waals surface area contributed by atoms with Crippen LogP contribution in [0.3, 0.4) is 0 Å². The highest BCUT2D eigenvalue weighted by Crippen LogP contribution is 2.40. The molecule has 0 N–H and O–H groups in total. The molecule has 0 atom stereocenters. The topological polar surface area (TPSA) is 43.4 Å². The van der Waals surface area contributed by atoms with E-state index in [-0.39, 0.29) is 17.8 Å². The van der Waals surface area contributed by atoms with Gasteiger partial charge in [0.2, 0.25) is 0 Å². The second-order valence-corrected chi connectivity index (χ2v) is 9.70. The van der Waals surface area contributed by atoms with E-state index in [0.717, 1.165) is 11.1 Å². The van der Waals surface area contributed by atoms with E-state index in [1.165, 1.54) is 36.5 Å². The van der Waals surface area contributed by atoms with Crippen LogP contribution in [0.25, 0.3) is 0 Å². The van der Waals surface area contributed by atoms with Gasteiger partial charge in [-0.25, -0.2) is 4.79 Å². The van der Waals surface area contributed by atoms with Gasteiger partial charge in [-0.1, -0.05) is 76.1 Å². The van der Waals surface area contributed by atoms with Crippen LogP contribution in [0.5, 0.6) is 0 Å². The Labute approximate surface area is 177 Å². The van der Waals surface area contributed by atoms with Gasteiger partial charge >= 0.3 is 5.97 Å². The molecule has 3 heteroatoms. The van der Waals surface area contributed by atoms with Crippen molar-refractivity contribution in [1.29, 1.82) is 0 Å². The quantitative estimate of drug-likeness (QED) is 0.273. The lowest BCUT2D eigenvalue weighted by molar-refractivity contribution is -0.145. The Kier molecular flexibility index (Phi) is 9.07. The van der Waals surface area contributed by atoms with E-state index in [4.69, 9.17) is 4.74 Å². The van der Waals surface area contributed by atoms with Crippen LogP contribution in [0.15, 0.2) is 58.7 Å². The number of hydrogen-bond donors (Lipinski definition) is 0. The largest absolute Gasteiger partial charge is 0.454 e. The maximum Gasteiger partial charge on any atom is 0.331 e. The number of allylic oxidation sites excluding steroid dienone is 9. The van der Waals surface area contributed by atoms with E-state index in [9.17, 15) is 9.59 Å². The van der Waals surface area contributed by atoms with E-state index >= 15 is 0 Å². The van der Waals surface area contributed by atoms with Crippen LogP contribution in [0.1, 0.15) is 74.7 Å². The Morgan fingerprint density at radius 2 is 1.76 bits per heavy atom. The van der Waals surface area contributed by atoms with Crippen molar-refractivity contribution in [2.75, 3.05) is 6.61 Å². The summed E-state index contributed by atoms with van der Waals surface area (Å²) in [6.45, 7) is 16.0. The molecule has 0 saturated carbocycles. The van der Waals surface area contributed by atoms with E-state index in [1.807, 2.05) is 45.9 Å². The summed E-state index contributed by atoms with van der Waals surface area (Å²) < 4.78 is 5.03. The molecule has 0 aromatic rings. The van der Waals surface area contributed by atoms with Crippen LogP contribution >= 0.6 is 0 Å². The van der Waals surface area contributed by atoms with Gasteiger partial charge in [-0.15, -0.1) is 0 Å². The van der Waals surface area contributed by atoms with Gasteiger partial charge < -0.3 is 4.74 Å². The average molecular weight is 399 g/mol. The normalized spacial score (nSPS) is 18.6. The zero-order valence-electron chi connectivity index (χ0n) is 19.5. The standard InChI is InChI=1S/C26H38O3/c1-19(14-15-22-21(3)13-10-16-26(22,7)8)11-9-12-20(2)17-24(28)29-18-23(27)25(4,5)6/h9,11-12,14-15,17H,10,13,16,18H2,1-8H3/b12-9+,15-14+,19-11+,20-17?. The maximum absolute atomic E-state index is 11.8. The minimum Gasteiger partial charge on any atom is -0.454 e. The van der Waals surface area contributed by atoms with E-state index in [2.05, 4.69) is 39.8 Å². The first-order valence-corrected chi connectivity index (χ1v) is 10.4. The summed E-state index contributed by atoms with van der Waals surface area (Å²) in [6, 6.07) is 0. The molecule has 0 heterocycles. The number of ether oxygens (including phenoxy) is 1. The molecular formula is C26H38O3. The predicted molar refractivity (Wildman–Crippen MR) is 122 cm³/mol. The minimum absolute atomic E-state index is 0.0933. The Hall–Kier alpha value is -2.16. The molecule has 0 spiro atoms. The Morgan fingerprint density at radius 1 is 1.10 bits per heavy atom. The van der Waals surface area contributed by atoms with Crippen molar-refractivity contribution in [2.45, 2.75) is 74.7 Å². The highest BCUT2D eigenvalue weighted by molar-refractivity contribution is 5.89. The summed E-state index contributed by atoms with van der Waals surface area (Å²) in [4.78, 5) is 23.6. The van der Waals surface area contributed by atoms with Crippen molar-refractivity contribution in [3.05, 3.63) is 58.7 Å². The van der Waals surface area contributed by atoms with Crippen LogP contribution in [-0.4, -0.2) is 18.4 Å². The second kappa shape index (κ2) is 10.6. The third-order valence-electron chi connectivity index (χ3n) is 5.30. The molecule has 0 fully saturated rings. The molecule has 0 unspecified atom stereocenters. The molecule has 0 aromatic heterocycles. The number of rotatable bonds is 7. The van der Waals surface area contributed by atoms with Gasteiger partial charge in [-0.2, -0.15) is 0 Å². The number of hydrogen-bond acceptors (Lipinski definition) is 3. The second-order valence-electron chi connectivity index (χ2n) is 9.70. The van der Waals surface area contributed by atoms with Crippen LogP contribution < -0.4 is 0 Å². The number of ketones is 1. The van der Waals surface area contributed by atoms with Crippen LogP contribution in [0.2, 0.25) is 0 Å². The molecule has 29 heavy (non-hydrogen) atoms. The number of carbonyl (C=O) groups excluding carboxylic acids is 2. The molecule has 0 saturated heterocycles. The first-order valence-electron chi connectivity index (χ1n) is 10.4. The lowest BCUT2D eigenvalue weighted by Gasteiger charge is -2.32. The Balaban J connectivity index is 2.65. The molecule has 0 bridgehead atoms. The van der Waals surface area contributed by atoms with Crippen LogP contribution in [-0.2, 0) is 14.3 Å². The number of carbonyl (C=O) groups is 2. The van der Waals surface area contributed by atoms with Gasteiger partial charge in [-0.05, 0) is 56.6 Å². The number of Topliss-reactive ketones (excluding diaryl/α,β-unsaturated/α-hetero) is 1.